The van der Waals surface area contributed by atoms with Crippen molar-refractivity contribution >= 4 is 32.8 Å². The second kappa shape index (κ2) is 7.10. The van der Waals surface area contributed by atoms with E-state index < -0.39 is 5.81 Å². The Hall–Kier alpha value is -0.813. The highest BCUT2D eigenvalue weighted by molar-refractivity contribution is 14.1. The van der Waals surface area contributed by atoms with Crippen LogP contribution in [0.1, 0.15) is 19.8 Å². The van der Waals surface area contributed by atoms with Crippen molar-refractivity contribution in [1.82, 2.24) is 0 Å². The number of benzene rings is 2. The lowest BCUT2D eigenvalue weighted by molar-refractivity contribution is 0.569. The van der Waals surface area contributed by atoms with Gasteiger partial charge in [0, 0.05) is 0 Å². The first kappa shape index (κ1) is 14.6. The summed E-state index contributed by atoms with van der Waals surface area (Å²) in [5.74, 6) is -0.928. The number of hydrogen-bond acceptors (Lipinski definition) is 1. The van der Waals surface area contributed by atoms with E-state index in [1.807, 2.05) is 18.2 Å². The molecule has 0 saturated heterocycles. The van der Waals surface area contributed by atoms with Gasteiger partial charge in [-0.05, 0) is 23.4 Å². The van der Waals surface area contributed by atoms with Gasteiger partial charge in [-0.25, -0.2) is 0 Å². The van der Waals surface area contributed by atoms with Crippen molar-refractivity contribution in [1.29, 1.82) is 0 Å². The summed E-state index contributed by atoms with van der Waals surface area (Å²) in [6.07, 6.45) is 2.43. The van der Waals surface area contributed by atoms with Crippen molar-refractivity contribution in [3.05, 3.63) is 60.7 Å². The van der Waals surface area contributed by atoms with Gasteiger partial charge in [-0.3, -0.25) is 0 Å². The lowest BCUT2D eigenvalue weighted by Gasteiger charge is -2.26. The summed E-state index contributed by atoms with van der Waals surface area (Å²) in [6, 6.07) is 22.0. The third kappa shape index (κ3) is 4.08. The van der Waals surface area contributed by atoms with Crippen LogP contribution in [-0.2, 0) is 0 Å². The molecule has 0 heterocycles. The van der Waals surface area contributed by atoms with E-state index >= 15 is 0 Å². The van der Waals surface area contributed by atoms with Crippen LogP contribution in [-0.4, -0.2) is 5.81 Å². The van der Waals surface area contributed by atoms with E-state index in [0.717, 1.165) is 11.8 Å². The zero-order chi connectivity index (χ0) is 13.6. The van der Waals surface area contributed by atoms with Crippen LogP contribution in [0.4, 0.5) is 0 Å². The lowest BCUT2D eigenvalue weighted by atomic mass is 10.3. The molecule has 3 heteroatoms. The number of unbranched alkanes of at least 4 members (excludes halogenated alkanes) is 1. The minimum atomic E-state index is -1.92. The molecule has 1 nitrogen and oxygen atoms in total. The van der Waals surface area contributed by atoms with E-state index in [4.69, 9.17) is 4.43 Å². The van der Waals surface area contributed by atoms with Crippen LogP contribution in [0.3, 0.4) is 0 Å². The highest BCUT2D eigenvalue weighted by atomic mass is 127. The molecule has 0 aliphatic heterocycles. The summed E-state index contributed by atoms with van der Waals surface area (Å²) < 4.78 is 6.42. The molecule has 1 atom stereocenters. The highest BCUT2D eigenvalue weighted by Crippen LogP contribution is 2.26. The maximum Gasteiger partial charge on any atom is 0.348 e. The lowest BCUT2D eigenvalue weighted by Crippen LogP contribution is -2.47. The standard InChI is InChI=1S/C16H19IOSi/c1-2-3-14-19(17,16-12-8-5-9-13-16)18-15-10-6-4-7-11-15/h4-13H,2-3,14H2,1H3. The normalized spacial score (nSPS) is 13.8. The van der Waals surface area contributed by atoms with Crippen LogP contribution in [0.25, 0.3) is 0 Å². The first-order valence-corrected chi connectivity index (χ1v) is 12.0. The highest BCUT2D eigenvalue weighted by Gasteiger charge is 2.35. The molecule has 2 aromatic carbocycles. The van der Waals surface area contributed by atoms with Crippen molar-refractivity contribution in [2.24, 2.45) is 0 Å². The van der Waals surface area contributed by atoms with Gasteiger partial charge in [-0.2, -0.15) is 0 Å². The largest absolute Gasteiger partial charge is 0.530 e. The van der Waals surface area contributed by atoms with Crippen molar-refractivity contribution in [3.8, 4) is 5.75 Å². The van der Waals surface area contributed by atoms with E-state index in [1.54, 1.807) is 0 Å². The smallest absolute Gasteiger partial charge is 0.348 e. The van der Waals surface area contributed by atoms with Gasteiger partial charge in [-0.15, -0.1) is 0 Å². The number of halogens is 1. The second-order valence-corrected chi connectivity index (χ2v) is 12.6. The Morgan fingerprint density at radius 3 is 2.11 bits per heavy atom. The average Bonchev–Trinajstić information content (AvgIpc) is 2.47. The first-order valence-electron chi connectivity index (χ1n) is 6.73. The first-order chi connectivity index (χ1) is 9.24. The molecule has 2 aromatic rings. The maximum atomic E-state index is 6.42. The molecule has 0 N–H and O–H groups in total. The molecule has 2 rings (SSSR count). The van der Waals surface area contributed by atoms with Gasteiger partial charge in [0.2, 0.25) is 0 Å². The second-order valence-electron chi connectivity index (χ2n) is 4.61. The molecular weight excluding hydrogens is 363 g/mol. The molecule has 0 aliphatic carbocycles. The Labute approximate surface area is 129 Å². The van der Waals surface area contributed by atoms with Crippen LogP contribution in [0.15, 0.2) is 60.7 Å². The summed E-state index contributed by atoms with van der Waals surface area (Å²) in [4.78, 5) is 0. The van der Waals surface area contributed by atoms with Crippen LogP contribution in [0.2, 0.25) is 6.04 Å². The van der Waals surface area contributed by atoms with Crippen LogP contribution in [0, 0.1) is 0 Å². The summed E-state index contributed by atoms with van der Waals surface area (Å²) in [5, 5.41) is 1.37. The Kier molecular flexibility index (Phi) is 5.45. The van der Waals surface area contributed by atoms with Gasteiger partial charge in [0.1, 0.15) is 5.75 Å². The van der Waals surface area contributed by atoms with Crippen LogP contribution < -0.4 is 9.61 Å². The third-order valence-corrected chi connectivity index (χ3v) is 9.98. The molecule has 1 unspecified atom stereocenters. The third-order valence-electron chi connectivity index (χ3n) is 3.08. The minimum absolute atomic E-state index is 0.989. The van der Waals surface area contributed by atoms with Crippen LogP contribution in [0.5, 0.6) is 5.75 Å². The van der Waals surface area contributed by atoms with E-state index in [1.165, 1.54) is 18.0 Å². The van der Waals surface area contributed by atoms with E-state index in [2.05, 4.69) is 71.2 Å². The maximum absolute atomic E-state index is 6.42. The van der Waals surface area contributed by atoms with Gasteiger partial charge >= 0.3 is 5.81 Å². The summed E-state index contributed by atoms with van der Waals surface area (Å²) >= 11 is 2.58. The number of rotatable bonds is 6. The fourth-order valence-electron chi connectivity index (χ4n) is 2.02. The predicted molar refractivity (Wildman–Crippen MR) is 92.6 cm³/mol. The predicted octanol–water partition coefficient (Wildman–Crippen LogP) is 4.65. The van der Waals surface area contributed by atoms with Gasteiger partial charge < -0.3 is 4.43 Å². The Morgan fingerprint density at radius 2 is 1.53 bits per heavy atom. The molecular formula is C16H19IOSi. The summed E-state index contributed by atoms with van der Waals surface area (Å²) in [5.41, 5.74) is 0. The molecule has 0 bridgehead atoms. The minimum Gasteiger partial charge on any atom is -0.530 e. The van der Waals surface area contributed by atoms with Crippen LogP contribution >= 0.6 is 21.8 Å². The number of para-hydroxylation sites is 1. The van der Waals surface area contributed by atoms with Gasteiger partial charge in [0.25, 0.3) is 0 Å². The molecule has 19 heavy (non-hydrogen) atoms. The summed E-state index contributed by atoms with van der Waals surface area (Å²) in [6.45, 7) is 2.24. The molecule has 0 spiro atoms. The van der Waals surface area contributed by atoms with Crippen molar-refractivity contribution in [2.45, 2.75) is 25.8 Å². The zero-order valence-corrected chi connectivity index (χ0v) is 14.3. The van der Waals surface area contributed by atoms with Crippen molar-refractivity contribution < 1.29 is 4.43 Å². The van der Waals surface area contributed by atoms with E-state index in [-0.39, 0.29) is 0 Å². The van der Waals surface area contributed by atoms with E-state index in [9.17, 15) is 0 Å². The zero-order valence-electron chi connectivity index (χ0n) is 11.2. The Morgan fingerprint density at radius 1 is 0.947 bits per heavy atom. The molecule has 100 valence electrons. The Bertz CT molecular complexity index is 489. The topological polar surface area (TPSA) is 9.23 Å². The van der Waals surface area contributed by atoms with E-state index in [0.29, 0.717) is 0 Å². The van der Waals surface area contributed by atoms with Crippen molar-refractivity contribution in [2.75, 3.05) is 0 Å². The fourth-order valence-corrected chi connectivity index (χ4v) is 7.52. The molecule has 0 fully saturated rings. The molecule has 0 aliphatic rings. The fraction of sp³-hybridized carbons (Fsp3) is 0.250. The molecule has 0 amide bonds. The van der Waals surface area contributed by atoms with Crippen molar-refractivity contribution in [3.63, 3.8) is 0 Å². The molecule has 0 radical (unpaired) electrons. The Balaban J connectivity index is 2.24. The molecule has 0 aromatic heterocycles. The monoisotopic (exact) mass is 382 g/mol. The quantitative estimate of drug-likeness (QED) is 0.402. The van der Waals surface area contributed by atoms with Gasteiger partial charge in [-0.1, -0.05) is 90.1 Å². The molecule has 0 saturated carbocycles. The average molecular weight is 382 g/mol. The van der Waals surface area contributed by atoms with Gasteiger partial charge in [0.15, 0.2) is 0 Å². The summed E-state index contributed by atoms with van der Waals surface area (Å²) in [7, 11) is 0. The SMILES string of the molecule is CCCC[Si](I)(Oc1ccccc1)c1ccccc1. The van der Waals surface area contributed by atoms with Gasteiger partial charge in [0.05, 0.1) is 0 Å². The number of hydrogen-bond donors (Lipinski definition) is 0.